The van der Waals surface area contributed by atoms with Crippen molar-refractivity contribution in [1.82, 2.24) is 4.90 Å². The molecule has 2 aromatic carbocycles. The molecule has 1 amide bonds. The third kappa shape index (κ3) is 5.16. The predicted molar refractivity (Wildman–Crippen MR) is 99.1 cm³/mol. The Balaban J connectivity index is 2.07. The lowest BCUT2D eigenvalue weighted by Gasteiger charge is -2.20. The molecule has 0 saturated carbocycles. The third-order valence-electron chi connectivity index (χ3n) is 3.62. The second-order valence-corrected chi connectivity index (χ2v) is 6.15. The van der Waals surface area contributed by atoms with Crippen LogP contribution < -0.4 is 5.32 Å². The van der Waals surface area contributed by atoms with Gasteiger partial charge in [-0.05, 0) is 18.7 Å². The maximum Gasteiger partial charge on any atom is 0.273 e. The number of nitro benzene ring substituents is 1. The number of nitrogens with one attached hydrogen (secondary N) is 1. The van der Waals surface area contributed by atoms with Crippen LogP contribution in [0.15, 0.2) is 42.5 Å². The molecule has 0 aliphatic heterocycles. The normalized spacial score (nSPS) is 10.7. The Kier molecular flexibility index (Phi) is 6.75. The molecule has 2 aromatic rings. The highest BCUT2D eigenvalue weighted by atomic mass is 35.5. The molecule has 0 fully saturated rings. The molecule has 25 heavy (non-hydrogen) atoms. The minimum absolute atomic E-state index is 0.0375. The van der Waals surface area contributed by atoms with Crippen LogP contribution in [-0.2, 0) is 11.3 Å². The summed E-state index contributed by atoms with van der Waals surface area (Å²) in [7, 11) is 0. The zero-order valence-electron chi connectivity index (χ0n) is 13.5. The Bertz CT molecular complexity index is 763. The molecule has 132 valence electrons. The molecule has 0 heterocycles. The number of hydrogen-bond donors (Lipinski definition) is 1. The molecule has 1 N–H and O–H groups in total. The van der Waals surface area contributed by atoms with Crippen molar-refractivity contribution in [2.45, 2.75) is 13.5 Å². The zero-order valence-corrected chi connectivity index (χ0v) is 15.0. The minimum Gasteiger partial charge on any atom is -0.322 e. The van der Waals surface area contributed by atoms with E-state index in [-0.39, 0.29) is 24.7 Å². The van der Waals surface area contributed by atoms with E-state index >= 15 is 0 Å². The van der Waals surface area contributed by atoms with Gasteiger partial charge in [-0.1, -0.05) is 54.4 Å². The fourth-order valence-corrected chi connectivity index (χ4v) is 2.83. The van der Waals surface area contributed by atoms with Crippen LogP contribution in [0.3, 0.4) is 0 Å². The van der Waals surface area contributed by atoms with E-state index in [0.717, 1.165) is 0 Å². The molecule has 8 heteroatoms. The first-order valence-corrected chi connectivity index (χ1v) is 8.36. The number of likely N-dealkylation sites (N-methyl/N-ethyl adjacent to an activating group) is 1. The van der Waals surface area contributed by atoms with Crippen LogP contribution in [0, 0.1) is 10.1 Å². The van der Waals surface area contributed by atoms with E-state index in [4.69, 9.17) is 23.2 Å². The van der Waals surface area contributed by atoms with Crippen molar-refractivity contribution < 1.29 is 9.72 Å². The smallest absolute Gasteiger partial charge is 0.273 e. The summed E-state index contributed by atoms with van der Waals surface area (Å²) in [5.74, 6) is -0.296. The second kappa shape index (κ2) is 8.80. The second-order valence-electron chi connectivity index (χ2n) is 5.33. The van der Waals surface area contributed by atoms with E-state index in [1.807, 2.05) is 6.92 Å². The standard InChI is InChI=1S/C17H17Cl2N3O3/c1-2-21(10-12-6-3-4-9-15(12)22(24)25)11-16(23)20-17-13(18)7-5-8-14(17)19/h3-9H,2,10-11H2,1H3,(H,20,23). The molecule has 0 bridgehead atoms. The number of anilines is 1. The Hall–Kier alpha value is -2.15. The molecule has 0 saturated heterocycles. The Morgan fingerprint density at radius 3 is 2.40 bits per heavy atom. The van der Waals surface area contributed by atoms with Gasteiger partial charge >= 0.3 is 0 Å². The maximum absolute atomic E-state index is 12.3. The monoisotopic (exact) mass is 381 g/mol. The summed E-state index contributed by atoms with van der Waals surface area (Å²) in [5.41, 5.74) is 0.950. The van der Waals surface area contributed by atoms with Crippen LogP contribution in [-0.4, -0.2) is 28.8 Å². The number of carbonyl (C=O) groups is 1. The fourth-order valence-electron chi connectivity index (χ4n) is 2.34. The van der Waals surface area contributed by atoms with Crippen LogP contribution in [0.5, 0.6) is 0 Å². The number of rotatable bonds is 7. The van der Waals surface area contributed by atoms with Gasteiger partial charge in [-0.3, -0.25) is 19.8 Å². The molecule has 0 atom stereocenters. The molecule has 0 aliphatic rings. The van der Waals surface area contributed by atoms with E-state index in [1.54, 1.807) is 41.3 Å². The van der Waals surface area contributed by atoms with Crippen molar-refractivity contribution in [3.05, 3.63) is 68.2 Å². The highest BCUT2D eigenvalue weighted by Gasteiger charge is 2.17. The van der Waals surface area contributed by atoms with Crippen molar-refractivity contribution in [2.75, 3.05) is 18.4 Å². The molecular formula is C17H17Cl2N3O3. The first kappa shape index (κ1) is 19.2. The SMILES string of the molecule is CCN(CC(=O)Nc1c(Cl)cccc1Cl)Cc1ccccc1[N+](=O)[O-]. The Morgan fingerprint density at radius 1 is 1.16 bits per heavy atom. The van der Waals surface area contributed by atoms with Gasteiger partial charge in [-0.25, -0.2) is 0 Å². The van der Waals surface area contributed by atoms with Gasteiger partial charge in [0.25, 0.3) is 5.69 Å². The highest BCUT2D eigenvalue weighted by Crippen LogP contribution is 2.29. The van der Waals surface area contributed by atoms with Crippen molar-refractivity contribution in [3.8, 4) is 0 Å². The quantitative estimate of drug-likeness (QED) is 0.570. The predicted octanol–water partition coefficient (Wildman–Crippen LogP) is 4.36. The lowest BCUT2D eigenvalue weighted by Crippen LogP contribution is -2.33. The molecule has 6 nitrogen and oxygen atoms in total. The van der Waals surface area contributed by atoms with E-state index < -0.39 is 4.92 Å². The van der Waals surface area contributed by atoms with E-state index in [9.17, 15) is 14.9 Å². The van der Waals surface area contributed by atoms with Gasteiger partial charge in [0.1, 0.15) is 0 Å². The molecule has 2 rings (SSSR count). The number of nitro groups is 1. The largest absolute Gasteiger partial charge is 0.322 e. The van der Waals surface area contributed by atoms with Crippen molar-refractivity contribution in [3.63, 3.8) is 0 Å². The van der Waals surface area contributed by atoms with Crippen molar-refractivity contribution >= 4 is 40.5 Å². The van der Waals surface area contributed by atoms with Gasteiger partial charge in [-0.2, -0.15) is 0 Å². The molecule has 0 aromatic heterocycles. The van der Waals surface area contributed by atoms with E-state index in [0.29, 0.717) is 27.8 Å². The van der Waals surface area contributed by atoms with Crippen molar-refractivity contribution in [2.24, 2.45) is 0 Å². The first-order chi connectivity index (χ1) is 11.9. The summed E-state index contributed by atoms with van der Waals surface area (Å²) in [5, 5.41) is 14.5. The number of amides is 1. The Morgan fingerprint density at radius 2 is 1.80 bits per heavy atom. The van der Waals surface area contributed by atoms with Gasteiger partial charge in [0.2, 0.25) is 5.91 Å². The third-order valence-corrected chi connectivity index (χ3v) is 4.25. The Labute approximate surface area is 155 Å². The number of carbonyl (C=O) groups excluding carboxylic acids is 1. The topological polar surface area (TPSA) is 75.5 Å². The zero-order chi connectivity index (χ0) is 18.4. The lowest BCUT2D eigenvalue weighted by molar-refractivity contribution is -0.385. The van der Waals surface area contributed by atoms with Crippen LogP contribution in [0.4, 0.5) is 11.4 Å². The molecular weight excluding hydrogens is 365 g/mol. The summed E-state index contributed by atoms with van der Waals surface area (Å²) >= 11 is 12.1. The molecule has 0 radical (unpaired) electrons. The maximum atomic E-state index is 12.3. The van der Waals surface area contributed by atoms with E-state index in [1.165, 1.54) is 6.07 Å². The molecule has 0 spiro atoms. The average molecular weight is 382 g/mol. The van der Waals surface area contributed by atoms with Gasteiger partial charge < -0.3 is 5.32 Å². The summed E-state index contributed by atoms with van der Waals surface area (Å²) in [6.07, 6.45) is 0. The first-order valence-electron chi connectivity index (χ1n) is 7.61. The van der Waals surface area contributed by atoms with Gasteiger partial charge in [0.15, 0.2) is 0 Å². The number of nitrogens with zero attached hydrogens (tertiary/aromatic N) is 2. The van der Waals surface area contributed by atoms with Crippen LogP contribution in [0.1, 0.15) is 12.5 Å². The summed E-state index contributed by atoms with van der Waals surface area (Å²) in [6, 6.07) is 11.4. The number of para-hydroxylation sites is 2. The minimum atomic E-state index is -0.424. The van der Waals surface area contributed by atoms with Crippen LogP contribution >= 0.6 is 23.2 Å². The summed E-state index contributed by atoms with van der Waals surface area (Å²) in [4.78, 5) is 24.8. The van der Waals surface area contributed by atoms with Gasteiger partial charge in [0.05, 0.1) is 27.2 Å². The van der Waals surface area contributed by atoms with Crippen LogP contribution in [0.2, 0.25) is 10.0 Å². The fraction of sp³-hybridized carbons (Fsp3) is 0.235. The van der Waals surface area contributed by atoms with Gasteiger partial charge in [0, 0.05) is 18.2 Å². The lowest BCUT2D eigenvalue weighted by atomic mass is 10.1. The summed E-state index contributed by atoms with van der Waals surface area (Å²) in [6.45, 7) is 2.78. The van der Waals surface area contributed by atoms with E-state index in [2.05, 4.69) is 5.32 Å². The molecule has 0 aliphatic carbocycles. The summed E-state index contributed by atoms with van der Waals surface area (Å²) < 4.78 is 0. The highest BCUT2D eigenvalue weighted by molar-refractivity contribution is 6.39. The number of halogens is 2. The van der Waals surface area contributed by atoms with Crippen LogP contribution in [0.25, 0.3) is 0 Å². The average Bonchev–Trinajstić information content (AvgIpc) is 2.58. The number of hydrogen-bond acceptors (Lipinski definition) is 4. The number of benzene rings is 2. The molecule has 0 unspecified atom stereocenters. The van der Waals surface area contributed by atoms with Gasteiger partial charge in [-0.15, -0.1) is 0 Å². The van der Waals surface area contributed by atoms with Crippen molar-refractivity contribution in [1.29, 1.82) is 0 Å².